The molecule has 1 aliphatic rings. The summed E-state index contributed by atoms with van der Waals surface area (Å²) in [5.74, 6) is 1.92. The van der Waals surface area contributed by atoms with Gasteiger partial charge < -0.3 is 4.74 Å². The van der Waals surface area contributed by atoms with Crippen molar-refractivity contribution in [1.82, 2.24) is 0 Å². The van der Waals surface area contributed by atoms with Crippen molar-refractivity contribution in [1.29, 1.82) is 0 Å². The lowest BCUT2D eigenvalue weighted by molar-refractivity contribution is -0.0118. The predicted molar refractivity (Wildman–Crippen MR) is 84.5 cm³/mol. The van der Waals surface area contributed by atoms with E-state index < -0.39 is 0 Å². The van der Waals surface area contributed by atoms with Crippen LogP contribution in [0.4, 0.5) is 0 Å². The number of ether oxygens (including phenoxy) is 1. The molecule has 0 unspecified atom stereocenters. The molecule has 0 aliphatic heterocycles. The van der Waals surface area contributed by atoms with Crippen LogP contribution >= 0.6 is 0 Å². The van der Waals surface area contributed by atoms with E-state index in [0.717, 1.165) is 18.4 Å². The molecule has 0 heterocycles. The number of hydrogen-bond acceptors (Lipinski definition) is 1. The van der Waals surface area contributed by atoms with Crippen LogP contribution in [0.5, 0.6) is 0 Å². The maximum Gasteiger partial charge on any atom is 0.0598 e. The van der Waals surface area contributed by atoms with Gasteiger partial charge in [0.1, 0.15) is 0 Å². The van der Waals surface area contributed by atoms with Gasteiger partial charge in [0.25, 0.3) is 0 Å². The second kappa shape index (κ2) is 7.11. The Bertz CT molecular complexity index is 235. The fraction of sp³-hybridized carbons (Fsp3) is 1.00. The van der Waals surface area contributed by atoms with E-state index in [1.54, 1.807) is 0 Å². The van der Waals surface area contributed by atoms with Crippen LogP contribution in [0.25, 0.3) is 0 Å². The lowest BCUT2D eigenvalue weighted by atomic mass is 9.76. The maximum absolute atomic E-state index is 5.85. The molecule has 0 aromatic rings. The summed E-state index contributed by atoms with van der Waals surface area (Å²) < 4.78 is 5.85. The van der Waals surface area contributed by atoms with Gasteiger partial charge >= 0.3 is 0 Å². The van der Waals surface area contributed by atoms with Crippen LogP contribution in [0, 0.1) is 17.3 Å². The minimum Gasteiger partial charge on any atom is -0.376 e. The molecule has 0 atom stereocenters. The molecule has 19 heavy (non-hydrogen) atoms. The molecule has 1 saturated carbocycles. The average Bonchev–Trinajstić information content (AvgIpc) is 2.25. The minimum atomic E-state index is 0.0317. The summed E-state index contributed by atoms with van der Waals surface area (Å²) in [6, 6.07) is 0. The molecular weight excluding hydrogens is 232 g/mol. The lowest BCUT2D eigenvalue weighted by Crippen LogP contribution is -2.22. The molecule has 0 aromatic heterocycles. The lowest BCUT2D eigenvalue weighted by Gasteiger charge is -2.31. The summed E-state index contributed by atoms with van der Waals surface area (Å²) in [7, 11) is 0. The first-order valence-corrected chi connectivity index (χ1v) is 8.30. The number of hydrogen-bond donors (Lipinski definition) is 0. The Morgan fingerprint density at radius 2 is 1.26 bits per heavy atom. The Morgan fingerprint density at radius 3 is 1.68 bits per heavy atom. The van der Waals surface area contributed by atoms with Crippen LogP contribution in [0.15, 0.2) is 0 Å². The first-order valence-electron chi connectivity index (χ1n) is 8.30. The summed E-state index contributed by atoms with van der Waals surface area (Å²) in [5.41, 5.74) is 0.543. The molecule has 1 nitrogen and oxygen atoms in total. The summed E-state index contributed by atoms with van der Waals surface area (Å²) >= 11 is 0. The van der Waals surface area contributed by atoms with Crippen LogP contribution in [0.3, 0.4) is 0 Å². The molecule has 0 N–H and O–H groups in total. The Kier molecular flexibility index (Phi) is 6.36. The zero-order valence-corrected chi connectivity index (χ0v) is 14.2. The first kappa shape index (κ1) is 17.0. The molecule has 114 valence electrons. The molecule has 0 spiro atoms. The van der Waals surface area contributed by atoms with Gasteiger partial charge in [-0.1, -0.05) is 46.5 Å². The SMILES string of the molecule is CC(C)(C)CCC1CCC(CCOC(C)(C)C)CC1. The highest BCUT2D eigenvalue weighted by molar-refractivity contribution is 4.75. The Morgan fingerprint density at radius 1 is 0.789 bits per heavy atom. The molecule has 0 bridgehead atoms. The molecule has 0 aromatic carbocycles. The van der Waals surface area contributed by atoms with Crippen LogP contribution in [0.2, 0.25) is 0 Å². The number of rotatable bonds is 5. The van der Waals surface area contributed by atoms with Crippen molar-refractivity contribution in [2.45, 2.75) is 92.1 Å². The molecule has 1 aliphatic carbocycles. The van der Waals surface area contributed by atoms with Crippen LogP contribution in [-0.4, -0.2) is 12.2 Å². The summed E-state index contributed by atoms with van der Waals surface area (Å²) in [6.07, 6.45) is 9.87. The molecule has 1 rings (SSSR count). The molecule has 1 heteroatoms. The normalized spacial score (nSPS) is 25.6. The van der Waals surface area contributed by atoms with Crippen LogP contribution < -0.4 is 0 Å². The Hall–Kier alpha value is -0.0400. The van der Waals surface area contributed by atoms with Gasteiger partial charge in [-0.2, -0.15) is 0 Å². The van der Waals surface area contributed by atoms with Gasteiger partial charge in [-0.05, 0) is 57.3 Å². The van der Waals surface area contributed by atoms with Gasteiger partial charge in [0.2, 0.25) is 0 Å². The smallest absolute Gasteiger partial charge is 0.0598 e. The zero-order valence-electron chi connectivity index (χ0n) is 14.2. The highest BCUT2D eigenvalue weighted by Crippen LogP contribution is 2.35. The molecule has 0 saturated heterocycles. The third-order valence-electron chi connectivity index (χ3n) is 4.33. The van der Waals surface area contributed by atoms with Crippen molar-refractivity contribution in [2.75, 3.05) is 6.61 Å². The maximum atomic E-state index is 5.85. The molecular formula is C18H36O. The minimum absolute atomic E-state index is 0.0317. The van der Waals surface area contributed by atoms with Gasteiger partial charge in [0.05, 0.1) is 5.60 Å². The van der Waals surface area contributed by atoms with Gasteiger partial charge in [-0.15, -0.1) is 0 Å². The van der Waals surface area contributed by atoms with Gasteiger partial charge in [-0.3, -0.25) is 0 Å². The molecule has 1 fully saturated rings. The predicted octanol–water partition coefficient (Wildman–Crippen LogP) is 5.82. The van der Waals surface area contributed by atoms with E-state index in [2.05, 4.69) is 41.5 Å². The van der Waals surface area contributed by atoms with Gasteiger partial charge in [0.15, 0.2) is 0 Å². The monoisotopic (exact) mass is 268 g/mol. The topological polar surface area (TPSA) is 9.23 Å². The third kappa shape index (κ3) is 8.68. The fourth-order valence-electron chi connectivity index (χ4n) is 2.98. The quantitative estimate of drug-likeness (QED) is 0.610. The summed E-state index contributed by atoms with van der Waals surface area (Å²) in [6.45, 7) is 14.5. The first-order chi connectivity index (χ1) is 8.66. The Balaban J connectivity index is 2.12. The largest absolute Gasteiger partial charge is 0.376 e. The summed E-state index contributed by atoms with van der Waals surface area (Å²) in [5, 5.41) is 0. The van der Waals surface area contributed by atoms with E-state index in [4.69, 9.17) is 4.74 Å². The molecule has 0 amide bonds. The van der Waals surface area contributed by atoms with E-state index in [1.165, 1.54) is 44.9 Å². The van der Waals surface area contributed by atoms with E-state index in [1.807, 2.05) is 0 Å². The van der Waals surface area contributed by atoms with Crippen molar-refractivity contribution < 1.29 is 4.74 Å². The molecule has 0 radical (unpaired) electrons. The van der Waals surface area contributed by atoms with Crippen molar-refractivity contribution in [3.8, 4) is 0 Å². The van der Waals surface area contributed by atoms with Gasteiger partial charge in [-0.25, -0.2) is 0 Å². The Labute approximate surface area is 121 Å². The average molecular weight is 268 g/mol. The fourth-order valence-corrected chi connectivity index (χ4v) is 2.98. The third-order valence-corrected chi connectivity index (χ3v) is 4.33. The van der Waals surface area contributed by atoms with Crippen LogP contribution in [0.1, 0.15) is 86.5 Å². The van der Waals surface area contributed by atoms with Gasteiger partial charge in [0, 0.05) is 6.61 Å². The summed E-state index contributed by atoms with van der Waals surface area (Å²) in [4.78, 5) is 0. The highest BCUT2D eigenvalue weighted by Gasteiger charge is 2.23. The van der Waals surface area contributed by atoms with Crippen LogP contribution in [-0.2, 0) is 4.74 Å². The second-order valence-corrected chi connectivity index (χ2v) is 8.74. The van der Waals surface area contributed by atoms with Crippen molar-refractivity contribution in [3.63, 3.8) is 0 Å². The van der Waals surface area contributed by atoms with E-state index in [0.29, 0.717) is 5.41 Å². The zero-order chi connectivity index (χ0) is 14.5. The van der Waals surface area contributed by atoms with E-state index in [9.17, 15) is 0 Å². The highest BCUT2D eigenvalue weighted by atomic mass is 16.5. The van der Waals surface area contributed by atoms with Crippen molar-refractivity contribution >= 4 is 0 Å². The second-order valence-electron chi connectivity index (χ2n) is 8.74. The van der Waals surface area contributed by atoms with Crippen molar-refractivity contribution in [2.24, 2.45) is 17.3 Å². The van der Waals surface area contributed by atoms with E-state index >= 15 is 0 Å². The standard InChI is InChI=1S/C18H36O/c1-17(2,3)13-11-15-7-9-16(10-8-15)12-14-19-18(4,5)6/h15-16H,7-14H2,1-6H3. The van der Waals surface area contributed by atoms with E-state index in [-0.39, 0.29) is 5.60 Å². The van der Waals surface area contributed by atoms with Crippen molar-refractivity contribution in [3.05, 3.63) is 0 Å².